The maximum Gasteiger partial charge on any atom is 0.255 e. The van der Waals surface area contributed by atoms with Crippen molar-refractivity contribution in [3.05, 3.63) is 48.3 Å². The van der Waals surface area contributed by atoms with Crippen LogP contribution in [-0.2, 0) is 0 Å². The number of ether oxygens (including phenoxy) is 1. The number of piperidine rings is 1. The van der Waals surface area contributed by atoms with E-state index in [0.29, 0.717) is 5.56 Å². The Morgan fingerprint density at radius 1 is 0.857 bits per heavy atom. The number of hydrogen-bond acceptors (Lipinski definition) is 5. The number of piperazine rings is 1. The highest BCUT2D eigenvalue weighted by Gasteiger charge is 2.21. The molecular weight excluding hydrogens is 352 g/mol. The van der Waals surface area contributed by atoms with E-state index in [4.69, 9.17) is 4.74 Å². The van der Waals surface area contributed by atoms with Crippen molar-refractivity contribution < 1.29 is 9.53 Å². The van der Waals surface area contributed by atoms with Crippen molar-refractivity contribution in [1.29, 1.82) is 0 Å². The second-order valence-corrected chi connectivity index (χ2v) is 7.46. The van der Waals surface area contributed by atoms with Gasteiger partial charge in [-0.3, -0.25) is 9.78 Å². The first-order valence-electron chi connectivity index (χ1n) is 10.1. The maximum atomic E-state index is 12.8. The molecular formula is C22H28N4O2. The van der Waals surface area contributed by atoms with Gasteiger partial charge in [0, 0.05) is 51.2 Å². The van der Waals surface area contributed by atoms with Crippen LogP contribution >= 0.6 is 0 Å². The SMILES string of the molecule is COc1ccc(N2CCN(c3cncc(C(=O)N4CCCCC4)c3)CC2)cc1. The fourth-order valence-electron chi connectivity index (χ4n) is 4.01. The quantitative estimate of drug-likeness (QED) is 0.816. The van der Waals surface area contributed by atoms with Gasteiger partial charge in [-0.15, -0.1) is 0 Å². The molecule has 1 amide bonds. The van der Waals surface area contributed by atoms with Gasteiger partial charge in [0.05, 0.1) is 24.6 Å². The number of rotatable bonds is 4. The Bertz CT molecular complexity index is 794. The molecule has 0 saturated carbocycles. The van der Waals surface area contributed by atoms with E-state index < -0.39 is 0 Å². The van der Waals surface area contributed by atoms with E-state index in [1.54, 1.807) is 13.3 Å². The number of nitrogens with zero attached hydrogens (tertiary/aromatic N) is 4. The molecule has 2 aliphatic heterocycles. The zero-order valence-electron chi connectivity index (χ0n) is 16.5. The van der Waals surface area contributed by atoms with Gasteiger partial charge < -0.3 is 19.4 Å². The van der Waals surface area contributed by atoms with E-state index >= 15 is 0 Å². The number of hydrogen-bond donors (Lipinski definition) is 0. The van der Waals surface area contributed by atoms with Crippen LogP contribution in [0.3, 0.4) is 0 Å². The Morgan fingerprint density at radius 3 is 2.14 bits per heavy atom. The molecule has 0 atom stereocenters. The van der Waals surface area contributed by atoms with Gasteiger partial charge in [0.2, 0.25) is 0 Å². The van der Waals surface area contributed by atoms with Crippen LogP contribution in [0.15, 0.2) is 42.7 Å². The molecule has 2 aliphatic rings. The van der Waals surface area contributed by atoms with Gasteiger partial charge >= 0.3 is 0 Å². The molecule has 3 heterocycles. The number of methoxy groups -OCH3 is 1. The van der Waals surface area contributed by atoms with Crippen molar-refractivity contribution in [2.45, 2.75) is 19.3 Å². The molecule has 1 aromatic carbocycles. The summed E-state index contributed by atoms with van der Waals surface area (Å²) in [7, 11) is 1.69. The van der Waals surface area contributed by atoms with Gasteiger partial charge in [-0.2, -0.15) is 0 Å². The highest BCUT2D eigenvalue weighted by atomic mass is 16.5. The van der Waals surface area contributed by atoms with Crippen molar-refractivity contribution in [2.24, 2.45) is 0 Å². The van der Waals surface area contributed by atoms with E-state index in [-0.39, 0.29) is 5.91 Å². The van der Waals surface area contributed by atoms with Crippen LogP contribution in [0.1, 0.15) is 29.6 Å². The zero-order chi connectivity index (χ0) is 19.3. The molecule has 0 radical (unpaired) electrons. The van der Waals surface area contributed by atoms with Crippen LogP contribution in [0.2, 0.25) is 0 Å². The van der Waals surface area contributed by atoms with Gasteiger partial charge in [0.15, 0.2) is 0 Å². The molecule has 0 N–H and O–H groups in total. The third-order valence-corrected chi connectivity index (χ3v) is 5.70. The van der Waals surface area contributed by atoms with Crippen LogP contribution in [0.25, 0.3) is 0 Å². The largest absolute Gasteiger partial charge is 0.497 e. The normalized spacial score (nSPS) is 17.5. The Hall–Kier alpha value is -2.76. The van der Waals surface area contributed by atoms with Crippen molar-refractivity contribution in [2.75, 3.05) is 56.2 Å². The van der Waals surface area contributed by atoms with Crippen molar-refractivity contribution in [1.82, 2.24) is 9.88 Å². The van der Waals surface area contributed by atoms with E-state index in [2.05, 4.69) is 26.9 Å². The van der Waals surface area contributed by atoms with E-state index in [1.807, 2.05) is 29.3 Å². The van der Waals surface area contributed by atoms with Gasteiger partial charge in [0.25, 0.3) is 5.91 Å². The summed E-state index contributed by atoms with van der Waals surface area (Å²) in [5.41, 5.74) is 2.96. The molecule has 0 bridgehead atoms. The van der Waals surface area contributed by atoms with E-state index in [1.165, 1.54) is 12.1 Å². The molecule has 6 nitrogen and oxygen atoms in total. The smallest absolute Gasteiger partial charge is 0.255 e. The lowest BCUT2D eigenvalue weighted by Gasteiger charge is -2.37. The zero-order valence-corrected chi connectivity index (χ0v) is 16.5. The molecule has 4 rings (SSSR count). The minimum Gasteiger partial charge on any atom is -0.497 e. The number of carbonyl (C=O) groups excluding carboxylic acids is 1. The van der Waals surface area contributed by atoms with Crippen LogP contribution in [0.4, 0.5) is 11.4 Å². The van der Waals surface area contributed by atoms with Crippen LogP contribution in [-0.4, -0.2) is 62.2 Å². The van der Waals surface area contributed by atoms with E-state index in [0.717, 1.165) is 63.5 Å². The number of benzene rings is 1. The predicted octanol–water partition coefficient (Wildman–Crippen LogP) is 3.04. The first-order chi connectivity index (χ1) is 13.7. The minimum atomic E-state index is 0.117. The van der Waals surface area contributed by atoms with Crippen molar-refractivity contribution >= 4 is 17.3 Å². The monoisotopic (exact) mass is 380 g/mol. The third-order valence-electron chi connectivity index (χ3n) is 5.70. The average molecular weight is 380 g/mol. The summed E-state index contributed by atoms with van der Waals surface area (Å²) in [4.78, 5) is 23.8. The summed E-state index contributed by atoms with van der Waals surface area (Å²) in [5.74, 6) is 0.995. The number of aromatic nitrogens is 1. The number of pyridine rings is 1. The summed E-state index contributed by atoms with van der Waals surface area (Å²) >= 11 is 0. The highest BCUT2D eigenvalue weighted by Crippen LogP contribution is 2.23. The number of amides is 1. The summed E-state index contributed by atoms with van der Waals surface area (Å²) in [6.07, 6.45) is 7.00. The first kappa shape index (κ1) is 18.6. The third kappa shape index (κ3) is 4.06. The summed E-state index contributed by atoms with van der Waals surface area (Å²) < 4.78 is 5.24. The number of likely N-dealkylation sites (tertiary alicyclic amines) is 1. The molecule has 0 aliphatic carbocycles. The second-order valence-electron chi connectivity index (χ2n) is 7.46. The molecule has 2 fully saturated rings. The van der Waals surface area contributed by atoms with Crippen molar-refractivity contribution in [3.8, 4) is 5.75 Å². The predicted molar refractivity (Wildman–Crippen MR) is 111 cm³/mol. The lowest BCUT2D eigenvalue weighted by atomic mass is 10.1. The Kier molecular flexibility index (Phi) is 5.65. The fraction of sp³-hybridized carbons (Fsp3) is 0.455. The fourth-order valence-corrected chi connectivity index (χ4v) is 4.01. The molecule has 0 unspecified atom stereocenters. The Balaban J connectivity index is 1.39. The highest BCUT2D eigenvalue weighted by molar-refractivity contribution is 5.94. The topological polar surface area (TPSA) is 48.9 Å². The summed E-state index contributed by atoms with van der Waals surface area (Å²) in [6.45, 7) is 5.44. The maximum absolute atomic E-state index is 12.8. The Labute approximate surface area is 166 Å². The van der Waals surface area contributed by atoms with Gasteiger partial charge in [-0.1, -0.05) is 0 Å². The number of anilines is 2. The lowest BCUT2D eigenvalue weighted by Crippen LogP contribution is -2.46. The summed E-state index contributed by atoms with van der Waals surface area (Å²) in [6, 6.07) is 10.2. The first-order valence-corrected chi connectivity index (χ1v) is 10.1. The van der Waals surface area contributed by atoms with Crippen molar-refractivity contribution in [3.63, 3.8) is 0 Å². The molecule has 6 heteroatoms. The minimum absolute atomic E-state index is 0.117. The van der Waals surface area contributed by atoms with E-state index in [9.17, 15) is 4.79 Å². The summed E-state index contributed by atoms with van der Waals surface area (Å²) in [5, 5.41) is 0. The molecule has 1 aromatic heterocycles. The Morgan fingerprint density at radius 2 is 1.50 bits per heavy atom. The van der Waals surface area contributed by atoms with Crippen LogP contribution < -0.4 is 14.5 Å². The van der Waals surface area contributed by atoms with Crippen LogP contribution in [0.5, 0.6) is 5.75 Å². The van der Waals surface area contributed by atoms with Gasteiger partial charge in [0.1, 0.15) is 5.75 Å². The van der Waals surface area contributed by atoms with Crippen LogP contribution in [0, 0.1) is 0 Å². The number of carbonyl (C=O) groups is 1. The second kappa shape index (κ2) is 8.50. The average Bonchev–Trinajstić information content (AvgIpc) is 2.79. The molecule has 2 saturated heterocycles. The molecule has 0 spiro atoms. The molecule has 28 heavy (non-hydrogen) atoms. The molecule has 148 valence electrons. The molecule has 2 aromatic rings. The van der Waals surface area contributed by atoms with Gasteiger partial charge in [-0.05, 0) is 49.6 Å². The lowest BCUT2D eigenvalue weighted by molar-refractivity contribution is 0.0724. The van der Waals surface area contributed by atoms with Gasteiger partial charge in [-0.25, -0.2) is 0 Å². The standard InChI is InChI=1S/C22H28N4O2/c1-28-21-7-5-19(6-8-21)24-11-13-25(14-12-24)20-15-18(16-23-17-20)22(27)26-9-3-2-4-10-26/h5-8,15-17H,2-4,9-14H2,1H3.